The zero-order chi connectivity index (χ0) is 21.9. The number of carbonyl (C=O) groups is 1. The number of hydrogen-bond donors (Lipinski definition) is 0. The minimum absolute atomic E-state index is 0.0294. The highest BCUT2D eigenvalue weighted by atomic mass is 16.7. The fourth-order valence-electron chi connectivity index (χ4n) is 4.08. The van der Waals surface area contributed by atoms with Gasteiger partial charge < -0.3 is 9.31 Å². The van der Waals surface area contributed by atoms with E-state index < -0.39 is 13.2 Å². The first-order valence-corrected chi connectivity index (χ1v) is 10.7. The molecule has 32 heavy (non-hydrogen) atoms. The summed E-state index contributed by atoms with van der Waals surface area (Å²) in [6.07, 6.45) is 1.12. The monoisotopic (exact) mass is 419 g/mol. The van der Waals surface area contributed by atoms with Crippen LogP contribution in [-0.4, -0.2) is 19.3 Å². The van der Waals surface area contributed by atoms with E-state index in [-0.39, 0.29) is 12.0 Å². The molecule has 0 bridgehead atoms. The predicted molar refractivity (Wildman–Crippen MR) is 128 cm³/mol. The van der Waals surface area contributed by atoms with E-state index in [1.165, 1.54) is 16.3 Å². The van der Waals surface area contributed by atoms with Gasteiger partial charge in [0.25, 0.3) is 0 Å². The third-order valence-corrected chi connectivity index (χ3v) is 5.76. The minimum atomic E-state index is -0.761. The molecule has 4 aromatic rings. The molecule has 0 spiro atoms. The van der Waals surface area contributed by atoms with E-state index >= 15 is 0 Å². The first kappa shape index (κ1) is 20.2. The second kappa shape index (κ2) is 8.81. The van der Waals surface area contributed by atoms with Crippen LogP contribution in [0.15, 0.2) is 102 Å². The zero-order valence-corrected chi connectivity index (χ0v) is 17.7. The molecule has 1 saturated heterocycles. The van der Waals surface area contributed by atoms with Gasteiger partial charge in [0.1, 0.15) is 0 Å². The summed E-state index contributed by atoms with van der Waals surface area (Å²) >= 11 is 0. The van der Waals surface area contributed by atoms with E-state index in [0.717, 1.165) is 16.6 Å². The minimum Gasteiger partial charge on any atom is -0.504 e. The summed E-state index contributed by atoms with van der Waals surface area (Å²) in [4.78, 5) is 17.3. The third-order valence-electron chi connectivity index (χ3n) is 5.76. The van der Waals surface area contributed by atoms with E-state index in [1.54, 1.807) is 0 Å². The molecule has 0 aromatic heterocycles. The van der Waals surface area contributed by atoms with Crippen molar-refractivity contribution in [3.63, 3.8) is 0 Å². The van der Waals surface area contributed by atoms with E-state index in [2.05, 4.69) is 37.3 Å². The van der Waals surface area contributed by atoms with Crippen LogP contribution in [0.1, 0.15) is 35.8 Å². The molecule has 4 nitrogen and oxygen atoms in total. The Morgan fingerprint density at radius 2 is 1.59 bits per heavy atom. The summed E-state index contributed by atoms with van der Waals surface area (Å²) in [5.74, 6) is -0.378. The van der Waals surface area contributed by atoms with Crippen molar-refractivity contribution in [2.45, 2.75) is 19.1 Å². The van der Waals surface area contributed by atoms with Gasteiger partial charge in [0.05, 0.1) is 6.04 Å². The Morgan fingerprint density at radius 1 is 0.875 bits per heavy atom. The fourth-order valence-corrected chi connectivity index (χ4v) is 4.08. The molecule has 0 aliphatic carbocycles. The number of aliphatic imine (C=N–C) groups is 1. The lowest BCUT2D eigenvalue weighted by atomic mass is 9.76. The van der Waals surface area contributed by atoms with Crippen LogP contribution >= 0.6 is 0 Å². The van der Waals surface area contributed by atoms with Gasteiger partial charge in [0.15, 0.2) is 6.10 Å². The molecular weight excluding hydrogens is 397 g/mol. The number of fused-ring (bicyclic) bond motifs is 1. The lowest BCUT2D eigenvalue weighted by Crippen LogP contribution is -2.35. The van der Waals surface area contributed by atoms with E-state index in [1.807, 2.05) is 72.9 Å². The van der Waals surface area contributed by atoms with Crippen LogP contribution in [0.4, 0.5) is 0 Å². The average Bonchev–Trinajstić information content (AvgIpc) is 3.24. The van der Waals surface area contributed by atoms with Crippen LogP contribution in [0.3, 0.4) is 0 Å². The number of hydrogen-bond acceptors (Lipinski definition) is 4. The Morgan fingerprint density at radius 3 is 2.47 bits per heavy atom. The molecule has 0 unspecified atom stereocenters. The highest BCUT2D eigenvalue weighted by Gasteiger charge is 2.42. The normalized spacial score (nSPS) is 17.1. The van der Waals surface area contributed by atoms with Gasteiger partial charge in [-0.3, -0.25) is 9.79 Å². The second-order valence-corrected chi connectivity index (χ2v) is 7.85. The van der Waals surface area contributed by atoms with Crippen LogP contribution in [0.2, 0.25) is 0 Å². The summed E-state index contributed by atoms with van der Waals surface area (Å²) in [6, 6.07) is 31.7. The molecule has 156 valence electrons. The van der Waals surface area contributed by atoms with Crippen molar-refractivity contribution in [1.82, 2.24) is 0 Å². The van der Waals surface area contributed by atoms with Crippen molar-refractivity contribution in [2.24, 2.45) is 4.99 Å². The maximum Gasteiger partial charge on any atom is 0.566 e. The van der Waals surface area contributed by atoms with Crippen molar-refractivity contribution in [2.75, 3.05) is 0 Å². The molecule has 5 rings (SSSR count). The number of rotatable bonds is 5. The van der Waals surface area contributed by atoms with Crippen LogP contribution < -0.4 is 5.46 Å². The lowest BCUT2D eigenvalue weighted by molar-refractivity contribution is -0.136. The van der Waals surface area contributed by atoms with Crippen molar-refractivity contribution < 1.29 is 14.1 Å². The fraction of sp³-hybridized carbons (Fsp3) is 0.111. The van der Waals surface area contributed by atoms with Crippen molar-refractivity contribution in [1.29, 1.82) is 0 Å². The molecular formula is C27H22BNO3. The van der Waals surface area contributed by atoms with Gasteiger partial charge in [0, 0.05) is 11.7 Å². The number of benzene rings is 4. The van der Waals surface area contributed by atoms with Crippen LogP contribution in [0, 0.1) is 0 Å². The molecule has 1 aliphatic heterocycles. The molecule has 1 fully saturated rings. The maximum atomic E-state index is 12.5. The van der Waals surface area contributed by atoms with Crippen molar-refractivity contribution in [3.8, 4) is 0 Å². The van der Waals surface area contributed by atoms with E-state index in [0.29, 0.717) is 0 Å². The quantitative estimate of drug-likeness (QED) is 0.337. The SMILES string of the molecule is C[C@H](N=Cc1ccccc1B1OC(=O)[C@H](c2ccccc2)O1)c1cccc2ccccc12. The largest absolute Gasteiger partial charge is 0.566 e. The molecule has 5 heteroatoms. The Hall–Kier alpha value is -3.70. The second-order valence-electron chi connectivity index (χ2n) is 7.85. The molecule has 1 aliphatic rings. The van der Waals surface area contributed by atoms with Gasteiger partial charge in [-0.15, -0.1) is 0 Å². The van der Waals surface area contributed by atoms with Crippen LogP contribution in [0.5, 0.6) is 0 Å². The lowest BCUT2D eigenvalue weighted by Gasteiger charge is -2.12. The summed E-state index contributed by atoms with van der Waals surface area (Å²) in [5, 5.41) is 2.40. The van der Waals surface area contributed by atoms with Gasteiger partial charge in [-0.05, 0) is 34.4 Å². The summed E-state index contributed by atoms with van der Waals surface area (Å²) < 4.78 is 11.6. The van der Waals surface area contributed by atoms with E-state index in [4.69, 9.17) is 14.3 Å². The zero-order valence-electron chi connectivity index (χ0n) is 17.7. The van der Waals surface area contributed by atoms with Crippen LogP contribution in [-0.2, 0) is 14.1 Å². The number of carbonyl (C=O) groups excluding carboxylic acids is 1. The Labute approximate surface area is 187 Å². The highest BCUT2D eigenvalue weighted by molar-refractivity contribution is 6.65. The Kier molecular flexibility index (Phi) is 5.57. The molecule has 0 saturated carbocycles. The predicted octanol–water partition coefficient (Wildman–Crippen LogP) is 5.03. The van der Waals surface area contributed by atoms with Gasteiger partial charge in [0.2, 0.25) is 0 Å². The summed E-state index contributed by atoms with van der Waals surface area (Å²) in [5.41, 5.74) is 3.61. The van der Waals surface area contributed by atoms with Gasteiger partial charge >= 0.3 is 13.1 Å². The molecule has 2 atom stereocenters. The first-order chi connectivity index (χ1) is 15.7. The Balaban J connectivity index is 1.40. The van der Waals surface area contributed by atoms with Gasteiger partial charge in [-0.1, -0.05) is 97.1 Å². The Bertz CT molecular complexity index is 1280. The average molecular weight is 419 g/mol. The van der Waals surface area contributed by atoms with Gasteiger partial charge in [-0.25, -0.2) is 0 Å². The van der Waals surface area contributed by atoms with E-state index in [9.17, 15) is 4.79 Å². The topological polar surface area (TPSA) is 47.9 Å². The molecule has 0 amide bonds. The smallest absolute Gasteiger partial charge is 0.504 e. The molecule has 1 heterocycles. The molecule has 0 N–H and O–H groups in total. The van der Waals surface area contributed by atoms with Crippen molar-refractivity contribution >= 4 is 35.5 Å². The summed E-state index contributed by atoms with van der Waals surface area (Å²) in [7, 11) is -0.761. The number of nitrogens with zero attached hydrogens (tertiary/aromatic N) is 1. The van der Waals surface area contributed by atoms with Crippen molar-refractivity contribution in [3.05, 3.63) is 114 Å². The molecule has 0 radical (unpaired) electrons. The first-order valence-electron chi connectivity index (χ1n) is 10.7. The molecule has 4 aromatic carbocycles. The van der Waals surface area contributed by atoms with Gasteiger partial charge in [-0.2, -0.15) is 0 Å². The maximum absolute atomic E-state index is 12.5. The standard InChI is InChI=1S/C27H22BNO3/c1-19(23-16-9-14-20-10-5-7-15-24(20)23)29-18-22-13-6-8-17-25(22)28-31-26(27(30)32-28)21-11-3-2-4-12-21/h2-19,26H,1H3/t19-,26-/m0/s1. The summed E-state index contributed by atoms with van der Waals surface area (Å²) in [6.45, 7) is 2.08. The third kappa shape index (κ3) is 3.95. The van der Waals surface area contributed by atoms with Crippen LogP contribution in [0.25, 0.3) is 10.8 Å². The highest BCUT2D eigenvalue weighted by Crippen LogP contribution is 2.27.